The number of nitro groups is 1. The molecule has 6 aromatic carbocycles. The highest BCUT2D eigenvalue weighted by molar-refractivity contribution is 5.89. The Hall–Kier alpha value is -6.20. The summed E-state index contributed by atoms with van der Waals surface area (Å²) in [4.78, 5) is 15.1. The molecule has 0 spiro atoms. The smallest absolute Gasteiger partial charge is 0.271 e. The van der Waals surface area contributed by atoms with E-state index in [1.165, 1.54) is 22.4 Å². The first-order chi connectivity index (χ1) is 23.4. The van der Waals surface area contributed by atoms with E-state index in [0.717, 1.165) is 34.0 Å². The van der Waals surface area contributed by atoms with Gasteiger partial charge >= 0.3 is 0 Å². The number of fused-ring (bicyclic) bond motifs is 1. The van der Waals surface area contributed by atoms with Crippen LogP contribution in [0, 0.1) is 10.1 Å². The first-order valence-electron chi connectivity index (χ1n) is 15.7. The molecule has 0 saturated heterocycles. The Kier molecular flexibility index (Phi) is 12.6. The second-order valence-corrected chi connectivity index (χ2v) is 10.8. The summed E-state index contributed by atoms with van der Waals surface area (Å²) >= 11 is 0. The van der Waals surface area contributed by atoms with Gasteiger partial charge in [-0.1, -0.05) is 110 Å². The fourth-order valence-corrected chi connectivity index (χ4v) is 5.12. The first kappa shape index (κ1) is 34.7. The SMILES string of the molecule is C=C/C=C\C.C=CC.CN(c1ccc(N(c2ccc(-c3ccccc3)cc2)c2ccc3ccccc3c2)cc1)c1cccc([N+](=O)[O-])c1. The molecule has 6 rings (SSSR count). The molecule has 0 saturated carbocycles. The highest BCUT2D eigenvalue weighted by Crippen LogP contribution is 2.38. The number of allylic oxidation sites excluding steroid dienone is 4. The summed E-state index contributed by atoms with van der Waals surface area (Å²) in [6, 6.07) is 48.8. The van der Waals surface area contributed by atoms with E-state index in [0.29, 0.717) is 0 Å². The van der Waals surface area contributed by atoms with Gasteiger partial charge in [0.15, 0.2) is 0 Å². The lowest BCUT2D eigenvalue weighted by Gasteiger charge is -2.27. The fraction of sp³-hybridized carbons (Fsp3) is 0.0698. The molecule has 5 heteroatoms. The quantitative estimate of drug-likeness (QED) is 0.0726. The van der Waals surface area contributed by atoms with E-state index in [-0.39, 0.29) is 10.6 Å². The topological polar surface area (TPSA) is 49.6 Å². The molecule has 0 amide bonds. The van der Waals surface area contributed by atoms with Crippen LogP contribution in [0.4, 0.5) is 34.1 Å². The lowest BCUT2D eigenvalue weighted by atomic mass is 10.0. The van der Waals surface area contributed by atoms with E-state index >= 15 is 0 Å². The molecule has 0 N–H and O–H groups in total. The van der Waals surface area contributed by atoms with Gasteiger partial charge in [-0.25, -0.2) is 0 Å². The average Bonchev–Trinajstić information content (AvgIpc) is 3.13. The predicted octanol–water partition coefficient (Wildman–Crippen LogP) is 12.6. The molecule has 240 valence electrons. The van der Waals surface area contributed by atoms with Crippen molar-refractivity contribution in [2.75, 3.05) is 16.8 Å². The minimum atomic E-state index is -0.370. The zero-order chi connectivity index (χ0) is 34.3. The van der Waals surface area contributed by atoms with Gasteiger partial charge in [-0.05, 0) is 90.3 Å². The van der Waals surface area contributed by atoms with Crippen LogP contribution < -0.4 is 9.80 Å². The molecule has 0 aromatic heterocycles. The molecule has 0 unspecified atom stereocenters. The van der Waals surface area contributed by atoms with Crippen LogP contribution in [0.3, 0.4) is 0 Å². The number of hydrogen-bond donors (Lipinski definition) is 0. The molecule has 48 heavy (non-hydrogen) atoms. The molecule has 5 nitrogen and oxygen atoms in total. The summed E-state index contributed by atoms with van der Waals surface area (Å²) in [7, 11) is 1.91. The maximum absolute atomic E-state index is 11.3. The number of rotatable bonds is 8. The second-order valence-electron chi connectivity index (χ2n) is 10.8. The molecule has 0 fully saturated rings. The van der Waals surface area contributed by atoms with Gasteiger partial charge in [-0.3, -0.25) is 10.1 Å². The maximum Gasteiger partial charge on any atom is 0.271 e. The minimum absolute atomic E-state index is 0.0717. The zero-order valence-electron chi connectivity index (χ0n) is 27.7. The van der Waals surface area contributed by atoms with Gasteiger partial charge < -0.3 is 9.80 Å². The van der Waals surface area contributed by atoms with Crippen LogP contribution in [0.5, 0.6) is 0 Å². The van der Waals surface area contributed by atoms with Crippen LogP contribution in [0.2, 0.25) is 0 Å². The van der Waals surface area contributed by atoms with E-state index in [9.17, 15) is 10.1 Å². The highest BCUT2D eigenvalue weighted by Gasteiger charge is 2.15. The van der Waals surface area contributed by atoms with Crippen molar-refractivity contribution in [1.82, 2.24) is 0 Å². The van der Waals surface area contributed by atoms with Crippen molar-refractivity contribution < 1.29 is 4.92 Å². The third-order valence-electron chi connectivity index (χ3n) is 7.48. The van der Waals surface area contributed by atoms with Crippen molar-refractivity contribution in [3.05, 3.63) is 193 Å². The lowest BCUT2D eigenvalue weighted by Crippen LogP contribution is -2.12. The van der Waals surface area contributed by atoms with E-state index < -0.39 is 0 Å². The molecular weight excluding hydrogens is 590 g/mol. The fourth-order valence-electron chi connectivity index (χ4n) is 5.12. The van der Waals surface area contributed by atoms with Crippen LogP contribution in [-0.4, -0.2) is 12.0 Å². The van der Waals surface area contributed by atoms with Crippen molar-refractivity contribution in [3.63, 3.8) is 0 Å². The summed E-state index contributed by atoms with van der Waals surface area (Å²) in [5.74, 6) is 0. The van der Waals surface area contributed by atoms with Crippen LogP contribution in [0.1, 0.15) is 13.8 Å². The number of non-ortho nitro benzene ring substituents is 1. The Balaban J connectivity index is 0.000000588. The Morgan fingerprint density at radius 1 is 0.583 bits per heavy atom. The third kappa shape index (κ3) is 8.95. The molecule has 0 aliphatic carbocycles. The molecular formula is C43H41N3O2. The van der Waals surface area contributed by atoms with E-state index in [2.05, 4.69) is 121 Å². The van der Waals surface area contributed by atoms with Crippen molar-refractivity contribution in [1.29, 1.82) is 0 Å². The van der Waals surface area contributed by atoms with Crippen LogP contribution in [0.25, 0.3) is 21.9 Å². The highest BCUT2D eigenvalue weighted by atomic mass is 16.6. The van der Waals surface area contributed by atoms with Crippen molar-refractivity contribution in [2.45, 2.75) is 13.8 Å². The van der Waals surface area contributed by atoms with Gasteiger partial charge in [-0.15, -0.1) is 6.58 Å². The number of hydrogen-bond acceptors (Lipinski definition) is 4. The summed E-state index contributed by atoms with van der Waals surface area (Å²) in [5.41, 5.74) is 7.23. The van der Waals surface area contributed by atoms with Crippen LogP contribution >= 0.6 is 0 Å². The van der Waals surface area contributed by atoms with Gasteiger partial charge in [0.2, 0.25) is 0 Å². The third-order valence-corrected chi connectivity index (χ3v) is 7.48. The Morgan fingerprint density at radius 3 is 1.71 bits per heavy atom. The van der Waals surface area contributed by atoms with E-state index in [4.69, 9.17) is 0 Å². The van der Waals surface area contributed by atoms with Gasteiger partial charge in [0, 0.05) is 47.6 Å². The first-order valence-corrected chi connectivity index (χ1v) is 15.7. The molecule has 0 heterocycles. The van der Waals surface area contributed by atoms with Gasteiger partial charge in [0.05, 0.1) is 4.92 Å². The molecule has 0 bridgehead atoms. The van der Waals surface area contributed by atoms with Gasteiger partial charge in [0.25, 0.3) is 5.69 Å². The van der Waals surface area contributed by atoms with E-state index in [1.807, 2.05) is 62.2 Å². The standard InChI is InChI=1S/C35H27N3O2.C5H8.C3H6/c1-36(33-12-7-13-35(25-33)38(39)40)30-20-22-32(23-21-30)37(34-19-16-27-10-5-6-11-29(27)24-34)31-17-14-28(15-18-31)26-8-3-2-4-9-26;1-3-5-4-2;1-3-2/h2-25H,1H3;3-5H,1H2,2H3;3H,1H2,2H3/b;5-4-;. The Labute approximate surface area is 284 Å². The molecule has 0 atom stereocenters. The molecule has 0 aliphatic heterocycles. The predicted molar refractivity (Wildman–Crippen MR) is 206 cm³/mol. The maximum atomic E-state index is 11.3. The Bertz CT molecular complexity index is 1960. The summed E-state index contributed by atoms with van der Waals surface area (Å²) in [5, 5.41) is 13.6. The second kappa shape index (κ2) is 17.5. The molecule has 6 aromatic rings. The van der Waals surface area contributed by atoms with Gasteiger partial charge in [-0.2, -0.15) is 0 Å². The monoisotopic (exact) mass is 631 g/mol. The lowest BCUT2D eigenvalue weighted by molar-refractivity contribution is -0.384. The van der Waals surface area contributed by atoms with E-state index in [1.54, 1.807) is 24.3 Å². The van der Waals surface area contributed by atoms with Gasteiger partial charge in [0.1, 0.15) is 0 Å². The van der Waals surface area contributed by atoms with Crippen LogP contribution in [0.15, 0.2) is 183 Å². The number of nitrogens with zero attached hydrogens (tertiary/aromatic N) is 3. The minimum Gasteiger partial charge on any atom is -0.344 e. The Morgan fingerprint density at radius 2 is 1.12 bits per heavy atom. The number of anilines is 5. The van der Waals surface area contributed by atoms with Crippen LogP contribution in [-0.2, 0) is 0 Å². The number of benzene rings is 6. The number of nitro benzene ring substituents is 1. The summed E-state index contributed by atoms with van der Waals surface area (Å²) in [6.07, 6.45) is 7.33. The average molecular weight is 632 g/mol. The van der Waals surface area contributed by atoms with Crippen molar-refractivity contribution in [2.24, 2.45) is 0 Å². The normalized spacial score (nSPS) is 10.2. The summed E-state index contributed by atoms with van der Waals surface area (Å²) in [6.45, 7) is 10.7. The summed E-state index contributed by atoms with van der Waals surface area (Å²) < 4.78 is 0. The van der Waals surface area contributed by atoms with Crippen molar-refractivity contribution in [3.8, 4) is 11.1 Å². The molecule has 0 radical (unpaired) electrons. The van der Waals surface area contributed by atoms with Crippen molar-refractivity contribution >= 4 is 44.9 Å². The molecule has 0 aliphatic rings. The zero-order valence-corrected chi connectivity index (χ0v) is 27.7. The largest absolute Gasteiger partial charge is 0.344 e.